The summed E-state index contributed by atoms with van der Waals surface area (Å²) >= 11 is 1.55. The van der Waals surface area contributed by atoms with Gasteiger partial charge in [0.15, 0.2) is 10.8 Å². The minimum Gasteiger partial charge on any atom is -0.481 e. The van der Waals surface area contributed by atoms with E-state index in [4.69, 9.17) is 9.52 Å². The van der Waals surface area contributed by atoms with Crippen LogP contribution in [0.2, 0.25) is 0 Å². The fourth-order valence-corrected chi connectivity index (χ4v) is 3.76. The van der Waals surface area contributed by atoms with E-state index in [9.17, 15) is 9.59 Å². The molecule has 1 amide bonds. The van der Waals surface area contributed by atoms with Crippen LogP contribution in [0.3, 0.4) is 0 Å². The highest BCUT2D eigenvalue weighted by Crippen LogP contribution is 2.31. The topological polar surface area (TPSA) is 83.6 Å². The number of nitrogens with zero attached hydrogens (tertiary/aromatic N) is 2. The molecule has 1 N–H and O–H groups in total. The van der Waals surface area contributed by atoms with E-state index in [0.717, 1.165) is 15.2 Å². The third kappa shape index (κ3) is 2.67. The van der Waals surface area contributed by atoms with Crippen LogP contribution in [0.15, 0.2) is 40.8 Å². The third-order valence-corrected chi connectivity index (χ3v) is 5.13. The largest absolute Gasteiger partial charge is 0.481 e. The first-order valence-corrected chi connectivity index (χ1v) is 8.37. The number of para-hydroxylation sites is 1. The van der Waals surface area contributed by atoms with E-state index in [-0.39, 0.29) is 25.4 Å². The van der Waals surface area contributed by atoms with Crippen LogP contribution in [0.4, 0.5) is 0 Å². The molecule has 0 saturated carbocycles. The molecule has 0 spiro atoms. The molecule has 1 fully saturated rings. The Morgan fingerprint density at radius 3 is 2.92 bits per heavy atom. The number of thiazole rings is 1. The molecule has 3 aromatic rings. The second-order valence-electron chi connectivity index (χ2n) is 5.77. The summed E-state index contributed by atoms with van der Waals surface area (Å²) in [7, 11) is 0. The fraction of sp³-hybridized carbons (Fsp3) is 0.235. The second kappa shape index (κ2) is 5.76. The van der Waals surface area contributed by atoms with Crippen molar-refractivity contribution in [3.8, 4) is 10.8 Å². The van der Waals surface area contributed by atoms with E-state index in [0.29, 0.717) is 11.5 Å². The number of carbonyl (C=O) groups excluding carboxylic acids is 1. The smallest absolute Gasteiger partial charge is 0.308 e. The number of hydrogen-bond acceptors (Lipinski definition) is 5. The van der Waals surface area contributed by atoms with Crippen molar-refractivity contribution in [3.63, 3.8) is 0 Å². The van der Waals surface area contributed by atoms with E-state index in [2.05, 4.69) is 4.98 Å². The SMILES string of the molecule is O=C(O)[C@H]1CC(=O)N(Cc2ccc(-c3nc4ccccc4s3)o2)C1. The molecule has 6 nitrogen and oxygen atoms in total. The predicted molar refractivity (Wildman–Crippen MR) is 88.5 cm³/mol. The van der Waals surface area contributed by atoms with Gasteiger partial charge in [-0.3, -0.25) is 9.59 Å². The minimum absolute atomic E-state index is 0.0563. The third-order valence-electron chi connectivity index (χ3n) is 4.08. The molecule has 1 aliphatic rings. The van der Waals surface area contributed by atoms with E-state index in [1.165, 1.54) is 4.90 Å². The lowest BCUT2D eigenvalue weighted by atomic mass is 10.1. The molecular formula is C17H14N2O4S. The molecule has 0 radical (unpaired) electrons. The molecule has 1 saturated heterocycles. The average Bonchev–Trinajstić information content (AvgIpc) is 3.26. The van der Waals surface area contributed by atoms with E-state index >= 15 is 0 Å². The summed E-state index contributed by atoms with van der Waals surface area (Å²) in [6.45, 7) is 0.513. The number of likely N-dealkylation sites (tertiary alicyclic amines) is 1. The lowest BCUT2D eigenvalue weighted by molar-refractivity contribution is -0.141. The maximum absolute atomic E-state index is 11.9. The first-order chi connectivity index (χ1) is 11.6. The zero-order valence-corrected chi connectivity index (χ0v) is 13.5. The Kier molecular flexibility index (Phi) is 3.57. The van der Waals surface area contributed by atoms with E-state index < -0.39 is 11.9 Å². The molecule has 0 bridgehead atoms. The number of rotatable bonds is 4. The van der Waals surface area contributed by atoms with Gasteiger partial charge in [-0.2, -0.15) is 0 Å². The summed E-state index contributed by atoms with van der Waals surface area (Å²) in [5.41, 5.74) is 0.925. The van der Waals surface area contributed by atoms with Gasteiger partial charge in [0.05, 0.1) is 22.7 Å². The molecule has 1 atom stereocenters. The van der Waals surface area contributed by atoms with Crippen LogP contribution in [0, 0.1) is 5.92 Å². The molecule has 7 heteroatoms. The molecular weight excluding hydrogens is 328 g/mol. The van der Waals surface area contributed by atoms with Gasteiger partial charge in [0.25, 0.3) is 0 Å². The van der Waals surface area contributed by atoms with Gasteiger partial charge in [-0.1, -0.05) is 12.1 Å². The molecule has 1 aliphatic heterocycles. The molecule has 0 unspecified atom stereocenters. The number of carboxylic acids is 1. The number of fused-ring (bicyclic) bond motifs is 1. The fourth-order valence-electron chi connectivity index (χ4n) is 2.83. The molecule has 24 heavy (non-hydrogen) atoms. The van der Waals surface area contributed by atoms with Gasteiger partial charge in [-0.15, -0.1) is 11.3 Å². The van der Waals surface area contributed by atoms with Gasteiger partial charge >= 0.3 is 5.97 Å². The summed E-state index contributed by atoms with van der Waals surface area (Å²) in [6.07, 6.45) is 0.0563. The molecule has 1 aromatic carbocycles. The Bertz CT molecular complexity index is 896. The van der Waals surface area contributed by atoms with Gasteiger partial charge in [0.2, 0.25) is 5.91 Å². The standard InChI is InChI=1S/C17H14N2O4S/c20-15-7-10(17(21)22)8-19(15)9-11-5-6-13(23-11)16-18-12-3-1-2-4-14(12)24-16/h1-6,10H,7-9H2,(H,21,22)/t10-/m0/s1. The molecule has 3 heterocycles. The highest BCUT2D eigenvalue weighted by atomic mass is 32.1. The lowest BCUT2D eigenvalue weighted by Gasteiger charge is -2.13. The maximum atomic E-state index is 11.9. The number of furan rings is 1. The minimum atomic E-state index is -0.930. The summed E-state index contributed by atoms with van der Waals surface area (Å²) in [5.74, 6) is -0.423. The highest BCUT2D eigenvalue weighted by Gasteiger charge is 2.34. The lowest BCUT2D eigenvalue weighted by Crippen LogP contribution is -2.25. The van der Waals surface area contributed by atoms with Crippen LogP contribution in [-0.2, 0) is 16.1 Å². The Labute approximate surface area is 141 Å². The normalized spacial score (nSPS) is 17.8. The second-order valence-corrected chi connectivity index (χ2v) is 6.80. The van der Waals surface area contributed by atoms with E-state index in [1.54, 1.807) is 11.3 Å². The van der Waals surface area contributed by atoms with Crippen molar-refractivity contribution in [1.29, 1.82) is 0 Å². The summed E-state index contributed by atoms with van der Waals surface area (Å²) < 4.78 is 6.90. The first-order valence-electron chi connectivity index (χ1n) is 7.55. The van der Waals surface area contributed by atoms with Crippen molar-refractivity contribution in [2.75, 3.05) is 6.54 Å². The maximum Gasteiger partial charge on any atom is 0.308 e. The zero-order chi connectivity index (χ0) is 16.7. The van der Waals surface area contributed by atoms with Gasteiger partial charge in [-0.05, 0) is 24.3 Å². The quantitative estimate of drug-likeness (QED) is 0.788. The Balaban J connectivity index is 1.53. The molecule has 2 aromatic heterocycles. The van der Waals surface area contributed by atoms with Crippen molar-refractivity contribution in [2.45, 2.75) is 13.0 Å². The number of amides is 1. The monoisotopic (exact) mass is 342 g/mol. The number of hydrogen-bond donors (Lipinski definition) is 1. The van der Waals surface area contributed by atoms with Crippen LogP contribution < -0.4 is 0 Å². The van der Waals surface area contributed by atoms with Gasteiger partial charge in [-0.25, -0.2) is 4.98 Å². The van der Waals surface area contributed by atoms with Crippen LogP contribution in [0.25, 0.3) is 21.0 Å². The average molecular weight is 342 g/mol. The van der Waals surface area contributed by atoms with Gasteiger partial charge in [0, 0.05) is 13.0 Å². The Morgan fingerprint density at radius 1 is 1.33 bits per heavy atom. The van der Waals surface area contributed by atoms with Gasteiger partial charge in [0.1, 0.15) is 5.76 Å². The summed E-state index contributed by atoms with van der Waals surface area (Å²) in [5, 5.41) is 9.82. The number of benzene rings is 1. The Hall–Kier alpha value is -2.67. The van der Waals surface area contributed by atoms with Crippen LogP contribution in [0.1, 0.15) is 12.2 Å². The number of aromatic nitrogens is 1. The molecule has 4 rings (SSSR count). The van der Waals surface area contributed by atoms with Crippen LogP contribution in [-0.4, -0.2) is 33.4 Å². The molecule has 122 valence electrons. The van der Waals surface area contributed by atoms with Crippen molar-refractivity contribution in [2.24, 2.45) is 5.92 Å². The first kappa shape index (κ1) is 14.9. The number of carbonyl (C=O) groups is 2. The Morgan fingerprint density at radius 2 is 2.17 bits per heavy atom. The van der Waals surface area contributed by atoms with Crippen LogP contribution in [0.5, 0.6) is 0 Å². The summed E-state index contributed by atoms with van der Waals surface area (Å²) in [4.78, 5) is 29.0. The van der Waals surface area contributed by atoms with Crippen molar-refractivity contribution < 1.29 is 19.1 Å². The predicted octanol–water partition coefficient (Wildman–Crippen LogP) is 2.99. The van der Waals surface area contributed by atoms with Crippen molar-refractivity contribution in [3.05, 3.63) is 42.2 Å². The molecule has 0 aliphatic carbocycles. The van der Waals surface area contributed by atoms with Crippen molar-refractivity contribution in [1.82, 2.24) is 9.88 Å². The van der Waals surface area contributed by atoms with Crippen LogP contribution >= 0.6 is 11.3 Å². The number of aliphatic carboxylic acids is 1. The zero-order valence-electron chi connectivity index (χ0n) is 12.6. The van der Waals surface area contributed by atoms with Crippen molar-refractivity contribution >= 4 is 33.4 Å². The summed E-state index contributed by atoms with van der Waals surface area (Å²) in [6, 6.07) is 11.5. The number of carboxylic acid groups (broad SMARTS) is 1. The highest BCUT2D eigenvalue weighted by molar-refractivity contribution is 7.21. The van der Waals surface area contributed by atoms with E-state index in [1.807, 2.05) is 36.4 Å². The van der Waals surface area contributed by atoms with Gasteiger partial charge < -0.3 is 14.4 Å².